The minimum Gasteiger partial charge on any atom is -0.487 e. The van der Waals surface area contributed by atoms with Gasteiger partial charge < -0.3 is 20.3 Å². The van der Waals surface area contributed by atoms with Gasteiger partial charge in [-0.05, 0) is 52.8 Å². The predicted octanol–water partition coefficient (Wildman–Crippen LogP) is 3.41. The standard InChI is InChI=1S/C20H32N4O.HI/c1-20(2)12-16(15-8-6-7-9-18(15)25-20)23-19(21-3)22-13-17(24(4)5)14-10-11-14;/h6-9,14,16-17H,10-13H2,1-5H3,(H2,21,22,23);1H. The Balaban J connectivity index is 0.00000243. The molecule has 1 aliphatic carbocycles. The Morgan fingerprint density at radius 1 is 1.31 bits per heavy atom. The Hall–Kier alpha value is -1.02. The van der Waals surface area contributed by atoms with Gasteiger partial charge in [-0.2, -0.15) is 0 Å². The summed E-state index contributed by atoms with van der Waals surface area (Å²) in [5, 5.41) is 7.15. The molecule has 1 aliphatic heterocycles. The van der Waals surface area contributed by atoms with Gasteiger partial charge in [0.2, 0.25) is 0 Å². The lowest BCUT2D eigenvalue weighted by molar-refractivity contribution is 0.0694. The number of rotatable bonds is 5. The maximum atomic E-state index is 6.13. The summed E-state index contributed by atoms with van der Waals surface area (Å²) in [5.74, 6) is 2.66. The second-order valence-electron chi connectivity index (χ2n) is 8.12. The van der Waals surface area contributed by atoms with E-state index in [4.69, 9.17) is 4.74 Å². The van der Waals surface area contributed by atoms with Crippen molar-refractivity contribution in [3.05, 3.63) is 29.8 Å². The first-order valence-electron chi connectivity index (χ1n) is 9.31. The quantitative estimate of drug-likeness (QED) is 0.392. The van der Waals surface area contributed by atoms with Crippen molar-refractivity contribution in [2.45, 2.75) is 50.8 Å². The van der Waals surface area contributed by atoms with Crippen LogP contribution in [0.4, 0.5) is 0 Å². The summed E-state index contributed by atoms with van der Waals surface area (Å²) >= 11 is 0. The highest BCUT2D eigenvalue weighted by atomic mass is 127. The Morgan fingerprint density at radius 2 is 2.00 bits per heavy atom. The van der Waals surface area contributed by atoms with Crippen molar-refractivity contribution in [2.75, 3.05) is 27.7 Å². The average Bonchev–Trinajstić information content (AvgIpc) is 3.37. The lowest BCUT2D eigenvalue weighted by Crippen LogP contribution is -2.49. The number of hydrogen-bond acceptors (Lipinski definition) is 3. The lowest BCUT2D eigenvalue weighted by Gasteiger charge is -2.38. The smallest absolute Gasteiger partial charge is 0.191 e. The van der Waals surface area contributed by atoms with E-state index in [-0.39, 0.29) is 35.6 Å². The van der Waals surface area contributed by atoms with Crippen LogP contribution in [0, 0.1) is 5.92 Å². The second kappa shape index (κ2) is 8.78. The Morgan fingerprint density at radius 3 is 2.62 bits per heavy atom. The molecular weight excluding hydrogens is 439 g/mol. The third-order valence-electron chi connectivity index (χ3n) is 5.22. The Kier molecular flexibility index (Phi) is 7.19. The number of nitrogens with one attached hydrogen (secondary N) is 2. The molecule has 0 bridgehead atoms. The van der Waals surface area contributed by atoms with E-state index in [2.05, 4.69) is 66.7 Å². The molecule has 2 N–H and O–H groups in total. The summed E-state index contributed by atoms with van der Waals surface area (Å²) in [6, 6.07) is 9.06. The summed E-state index contributed by atoms with van der Waals surface area (Å²) in [6.07, 6.45) is 3.60. The largest absolute Gasteiger partial charge is 0.487 e. The zero-order valence-electron chi connectivity index (χ0n) is 16.6. The van der Waals surface area contributed by atoms with Crippen LogP contribution in [0.5, 0.6) is 5.75 Å². The van der Waals surface area contributed by atoms with E-state index < -0.39 is 0 Å². The molecule has 3 rings (SSSR count). The highest BCUT2D eigenvalue weighted by Gasteiger charge is 2.35. The van der Waals surface area contributed by atoms with Gasteiger partial charge in [0.15, 0.2) is 5.96 Å². The second-order valence-corrected chi connectivity index (χ2v) is 8.12. The van der Waals surface area contributed by atoms with Gasteiger partial charge in [-0.1, -0.05) is 18.2 Å². The zero-order chi connectivity index (χ0) is 18.0. The van der Waals surface area contributed by atoms with Crippen LogP contribution >= 0.6 is 24.0 Å². The topological polar surface area (TPSA) is 48.9 Å². The van der Waals surface area contributed by atoms with Gasteiger partial charge in [0.1, 0.15) is 11.4 Å². The monoisotopic (exact) mass is 472 g/mol. The summed E-state index contributed by atoms with van der Waals surface area (Å²) in [7, 11) is 6.17. The first-order chi connectivity index (χ1) is 11.9. The van der Waals surface area contributed by atoms with Crippen LogP contribution in [0.25, 0.3) is 0 Å². The third kappa shape index (κ3) is 5.25. The summed E-state index contributed by atoms with van der Waals surface area (Å²) in [5.41, 5.74) is 1.02. The van der Waals surface area contributed by atoms with E-state index >= 15 is 0 Å². The molecule has 5 nitrogen and oxygen atoms in total. The van der Waals surface area contributed by atoms with E-state index in [0.29, 0.717) is 6.04 Å². The lowest BCUT2D eigenvalue weighted by atomic mass is 9.90. The van der Waals surface area contributed by atoms with Crippen molar-refractivity contribution in [1.29, 1.82) is 0 Å². The molecule has 1 fully saturated rings. The van der Waals surface area contributed by atoms with E-state index in [1.165, 1.54) is 18.4 Å². The maximum absolute atomic E-state index is 6.13. The fourth-order valence-electron chi connectivity index (χ4n) is 3.74. The third-order valence-corrected chi connectivity index (χ3v) is 5.22. The fourth-order valence-corrected chi connectivity index (χ4v) is 3.74. The molecule has 6 heteroatoms. The van der Waals surface area contributed by atoms with Crippen LogP contribution < -0.4 is 15.4 Å². The highest BCUT2D eigenvalue weighted by molar-refractivity contribution is 14.0. The molecule has 2 atom stereocenters. The zero-order valence-corrected chi connectivity index (χ0v) is 18.9. The number of halogens is 1. The first kappa shape index (κ1) is 21.3. The van der Waals surface area contributed by atoms with Crippen molar-refractivity contribution < 1.29 is 4.74 Å². The van der Waals surface area contributed by atoms with Gasteiger partial charge >= 0.3 is 0 Å². The van der Waals surface area contributed by atoms with E-state index in [9.17, 15) is 0 Å². The number of para-hydroxylation sites is 1. The van der Waals surface area contributed by atoms with Gasteiger partial charge in [-0.3, -0.25) is 4.99 Å². The number of fused-ring (bicyclic) bond motifs is 1. The van der Waals surface area contributed by atoms with Crippen molar-refractivity contribution in [3.63, 3.8) is 0 Å². The van der Waals surface area contributed by atoms with E-state index in [1.807, 2.05) is 13.1 Å². The number of hydrogen-bond donors (Lipinski definition) is 2. The van der Waals surface area contributed by atoms with Gasteiger partial charge in [-0.15, -0.1) is 24.0 Å². The minimum atomic E-state index is -0.189. The summed E-state index contributed by atoms with van der Waals surface area (Å²) in [6.45, 7) is 5.21. The minimum absolute atomic E-state index is 0. The SMILES string of the molecule is CN=C(NCC(C1CC1)N(C)C)NC1CC(C)(C)Oc2ccccc21.I. The number of nitrogens with zero attached hydrogens (tertiary/aromatic N) is 2. The summed E-state index contributed by atoms with van der Waals surface area (Å²) < 4.78 is 6.13. The molecule has 1 heterocycles. The molecule has 1 aromatic rings. The van der Waals surface area contributed by atoms with E-state index in [1.54, 1.807) is 0 Å². The normalized spacial score (nSPS) is 22.7. The molecule has 2 unspecified atom stereocenters. The van der Waals surface area contributed by atoms with Gasteiger partial charge in [0, 0.05) is 31.6 Å². The first-order valence-corrected chi connectivity index (χ1v) is 9.31. The molecular formula is C20H33IN4O. The average molecular weight is 472 g/mol. The Labute approximate surface area is 175 Å². The van der Waals surface area contributed by atoms with Crippen LogP contribution in [0.2, 0.25) is 0 Å². The molecule has 0 spiro atoms. The van der Waals surface area contributed by atoms with E-state index in [0.717, 1.165) is 30.6 Å². The summed E-state index contributed by atoms with van der Waals surface area (Å²) in [4.78, 5) is 6.77. The number of benzene rings is 1. The van der Waals surface area contributed by atoms with Gasteiger partial charge in [-0.25, -0.2) is 0 Å². The van der Waals surface area contributed by atoms with Crippen LogP contribution in [0.15, 0.2) is 29.3 Å². The number of ether oxygens (including phenoxy) is 1. The number of aliphatic imine (C=N–C) groups is 1. The van der Waals surface area contributed by atoms with Crippen LogP contribution in [0.1, 0.15) is 44.7 Å². The maximum Gasteiger partial charge on any atom is 0.191 e. The highest BCUT2D eigenvalue weighted by Crippen LogP contribution is 2.39. The predicted molar refractivity (Wildman–Crippen MR) is 119 cm³/mol. The molecule has 1 saturated carbocycles. The molecule has 0 amide bonds. The van der Waals surface area contributed by atoms with Crippen molar-refractivity contribution in [3.8, 4) is 5.75 Å². The Bertz CT molecular complexity index is 626. The van der Waals surface area contributed by atoms with Crippen LogP contribution in [-0.4, -0.2) is 50.2 Å². The molecule has 146 valence electrons. The van der Waals surface area contributed by atoms with Crippen molar-refractivity contribution >= 4 is 29.9 Å². The van der Waals surface area contributed by atoms with Gasteiger partial charge in [0.05, 0.1) is 6.04 Å². The molecule has 2 aliphatic rings. The number of guanidine groups is 1. The fraction of sp³-hybridized carbons (Fsp3) is 0.650. The molecule has 0 saturated heterocycles. The van der Waals surface area contributed by atoms with Crippen molar-refractivity contribution in [2.24, 2.45) is 10.9 Å². The molecule has 0 radical (unpaired) electrons. The molecule has 1 aromatic carbocycles. The van der Waals surface area contributed by atoms with Gasteiger partial charge in [0.25, 0.3) is 0 Å². The van der Waals surface area contributed by atoms with Crippen molar-refractivity contribution in [1.82, 2.24) is 15.5 Å². The number of likely N-dealkylation sites (N-methyl/N-ethyl adjacent to an activating group) is 1. The van der Waals surface area contributed by atoms with Crippen LogP contribution in [-0.2, 0) is 0 Å². The molecule has 26 heavy (non-hydrogen) atoms. The van der Waals surface area contributed by atoms with Crippen LogP contribution in [0.3, 0.4) is 0 Å². The molecule has 0 aromatic heterocycles.